The molecule has 1 aromatic rings. The number of halogens is 1. The van der Waals surface area contributed by atoms with Crippen molar-refractivity contribution in [2.75, 3.05) is 6.54 Å². The molecule has 2 unspecified atom stereocenters. The number of likely N-dealkylation sites (tertiary alicyclic amines) is 1. The first kappa shape index (κ1) is 13.8. The third-order valence-electron chi connectivity index (χ3n) is 3.48. The number of carbonyl (C=O) groups is 2. The van der Waals surface area contributed by atoms with E-state index in [4.69, 9.17) is 16.7 Å². The minimum atomic E-state index is -0.793. The van der Waals surface area contributed by atoms with Crippen molar-refractivity contribution in [2.45, 2.75) is 25.8 Å². The van der Waals surface area contributed by atoms with Gasteiger partial charge in [-0.2, -0.15) is 0 Å². The Kier molecular flexibility index (Phi) is 4.04. The molecule has 0 bridgehead atoms. The van der Waals surface area contributed by atoms with Crippen LogP contribution in [0.1, 0.15) is 30.1 Å². The molecule has 2 rings (SSSR count). The number of carboxylic acids is 1. The second-order valence-corrected chi connectivity index (χ2v) is 5.17. The zero-order valence-corrected chi connectivity index (χ0v) is 11.3. The van der Waals surface area contributed by atoms with Gasteiger partial charge in [-0.15, -0.1) is 0 Å². The smallest absolute Gasteiger partial charge is 0.306 e. The van der Waals surface area contributed by atoms with Crippen molar-refractivity contribution in [1.82, 2.24) is 9.88 Å². The third kappa shape index (κ3) is 2.87. The molecule has 0 aromatic carbocycles. The zero-order valence-electron chi connectivity index (χ0n) is 10.5. The average molecular weight is 283 g/mol. The Balaban J connectivity index is 2.13. The number of hydrogen-bond acceptors (Lipinski definition) is 3. The predicted octanol–water partition coefficient (Wildman–Crippen LogP) is 2.06. The van der Waals surface area contributed by atoms with E-state index in [-0.39, 0.29) is 17.9 Å². The highest BCUT2D eigenvalue weighted by Crippen LogP contribution is 2.26. The maximum absolute atomic E-state index is 12.4. The highest BCUT2D eigenvalue weighted by atomic mass is 35.5. The molecule has 0 saturated carbocycles. The minimum Gasteiger partial charge on any atom is -0.481 e. The number of carbonyl (C=O) groups excluding carboxylic acids is 1. The van der Waals surface area contributed by atoms with Crippen molar-refractivity contribution in [3.63, 3.8) is 0 Å². The molecule has 1 amide bonds. The largest absolute Gasteiger partial charge is 0.481 e. The molecule has 0 radical (unpaired) electrons. The van der Waals surface area contributed by atoms with Crippen molar-refractivity contribution in [3.05, 3.63) is 29.0 Å². The van der Waals surface area contributed by atoms with Crippen LogP contribution in [0.2, 0.25) is 5.02 Å². The summed E-state index contributed by atoms with van der Waals surface area (Å²) in [7, 11) is 0. The molecular weight excluding hydrogens is 268 g/mol. The van der Waals surface area contributed by atoms with Crippen LogP contribution in [-0.4, -0.2) is 39.5 Å². The van der Waals surface area contributed by atoms with Crippen LogP contribution in [0.15, 0.2) is 18.5 Å². The number of pyridine rings is 1. The minimum absolute atomic E-state index is 0.112. The maximum atomic E-state index is 12.4. The predicted molar refractivity (Wildman–Crippen MR) is 70.1 cm³/mol. The molecule has 19 heavy (non-hydrogen) atoms. The monoisotopic (exact) mass is 282 g/mol. The van der Waals surface area contributed by atoms with Crippen LogP contribution in [0, 0.1) is 5.92 Å². The van der Waals surface area contributed by atoms with E-state index in [1.807, 2.05) is 6.92 Å². The number of amides is 1. The SMILES string of the molecule is CC1CC(C(=O)O)CCN1C(=O)c1cnccc1Cl. The summed E-state index contributed by atoms with van der Waals surface area (Å²) in [6.45, 7) is 2.29. The Morgan fingerprint density at radius 3 is 2.84 bits per heavy atom. The lowest BCUT2D eigenvalue weighted by atomic mass is 9.91. The number of aliphatic carboxylic acids is 1. The summed E-state index contributed by atoms with van der Waals surface area (Å²) in [4.78, 5) is 28.9. The molecule has 6 heteroatoms. The van der Waals surface area contributed by atoms with Crippen molar-refractivity contribution in [1.29, 1.82) is 0 Å². The van der Waals surface area contributed by atoms with E-state index < -0.39 is 5.97 Å². The first-order chi connectivity index (χ1) is 9.00. The van der Waals surface area contributed by atoms with Gasteiger partial charge in [0.1, 0.15) is 0 Å². The molecule has 5 nitrogen and oxygen atoms in total. The zero-order chi connectivity index (χ0) is 14.0. The van der Waals surface area contributed by atoms with Crippen LogP contribution in [0.25, 0.3) is 0 Å². The van der Waals surface area contributed by atoms with Crippen LogP contribution in [0.4, 0.5) is 0 Å². The molecule has 0 aliphatic carbocycles. The molecule has 2 atom stereocenters. The van der Waals surface area contributed by atoms with Crippen molar-refractivity contribution in [3.8, 4) is 0 Å². The fourth-order valence-electron chi connectivity index (χ4n) is 2.39. The van der Waals surface area contributed by atoms with E-state index in [9.17, 15) is 9.59 Å². The van der Waals surface area contributed by atoms with E-state index in [1.54, 1.807) is 11.0 Å². The standard InChI is InChI=1S/C13H15ClN2O3/c1-8-6-9(13(18)19)3-5-16(8)12(17)10-7-15-4-2-11(10)14/h2,4,7-9H,3,5-6H2,1H3,(H,18,19). The van der Waals surface area contributed by atoms with Crippen LogP contribution in [0.3, 0.4) is 0 Å². The molecule has 1 aliphatic heterocycles. The van der Waals surface area contributed by atoms with Gasteiger partial charge in [0.05, 0.1) is 16.5 Å². The Hall–Kier alpha value is -1.62. The molecule has 1 saturated heterocycles. The molecule has 1 N–H and O–H groups in total. The fraction of sp³-hybridized carbons (Fsp3) is 0.462. The summed E-state index contributed by atoms with van der Waals surface area (Å²) in [5.74, 6) is -1.35. The first-order valence-corrected chi connectivity index (χ1v) is 6.51. The fourth-order valence-corrected chi connectivity index (χ4v) is 2.57. The Bertz CT molecular complexity index is 506. The number of nitrogens with zero attached hydrogens (tertiary/aromatic N) is 2. The topological polar surface area (TPSA) is 70.5 Å². The lowest BCUT2D eigenvalue weighted by Crippen LogP contribution is -2.46. The van der Waals surface area contributed by atoms with Crippen LogP contribution >= 0.6 is 11.6 Å². The molecule has 102 valence electrons. The molecular formula is C13H15ClN2O3. The summed E-state index contributed by atoms with van der Waals surface area (Å²) in [5, 5.41) is 9.38. The number of hydrogen-bond donors (Lipinski definition) is 1. The second-order valence-electron chi connectivity index (χ2n) is 4.76. The first-order valence-electron chi connectivity index (χ1n) is 6.14. The van der Waals surface area contributed by atoms with Crippen molar-refractivity contribution >= 4 is 23.5 Å². The number of rotatable bonds is 2. The molecule has 0 spiro atoms. The van der Waals surface area contributed by atoms with Gasteiger partial charge in [0.15, 0.2) is 0 Å². The Morgan fingerprint density at radius 1 is 1.53 bits per heavy atom. The average Bonchev–Trinajstić information content (AvgIpc) is 2.38. The van der Waals surface area contributed by atoms with Crippen molar-refractivity contribution < 1.29 is 14.7 Å². The summed E-state index contributed by atoms with van der Waals surface area (Å²) >= 11 is 5.98. The quantitative estimate of drug-likeness (QED) is 0.901. The lowest BCUT2D eigenvalue weighted by Gasteiger charge is -2.36. The molecule has 2 heterocycles. The third-order valence-corrected chi connectivity index (χ3v) is 3.81. The van der Waals surface area contributed by atoms with E-state index in [2.05, 4.69) is 4.98 Å². The Morgan fingerprint density at radius 2 is 2.26 bits per heavy atom. The van der Waals surface area contributed by atoms with Gasteiger partial charge in [-0.3, -0.25) is 14.6 Å². The van der Waals surface area contributed by atoms with Gasteiger partial charge in [-0.1, -0.05) is 11.6 Å². The highest BCUT2D eigenvalue weighted by Gasteiger charge is 2.33. The Labute approximate surface area is 116 Å². The van der Waals surface area contributed by atoms with Gasteiger partial charge < -0.3 is 10.0 Å². The van der Waals surface area contributed by atoms with Gasteiger partial charge in [0, 0.05) is 25.0 Å². The summed E-state index contributed by atoms with van der Waals surface area (Å²) in [6.07, 6.45) is 3.92. The molecule has 1 aromatic heterocycles. The lowest BCUT2D eigenvalue weighted by molar-refractivity contribution is -0.143. The van der Waals surface area contributed by atoms with Gasteiger partial charge in [-0.25, -0.2) is 0 Å². The van der Waals surface area contributed by atoms with E-state index in [1.165, 1.54) is 12.4 Å². The summed E-state index contributed by atoms with van der Waals surface area (Å²) in [6, 6.07) is 1.46. The molecule has 1 aliphatic rings. The second kappa shape index (κ2) is 5.57. The van der Waals surface area contributed by atoms with Crippen LogP contribution in [-0.2, 0) is 4.79 Å². The van der Waals surface area contributed by atoms with Crippen LogP contribution < -0.4 is 0 Å². The van der Waals surface area contributed by atoms with Gasteiger partial charge in [0.2, 0.25) is 0 Å². The number of carboxylic acid groups (broad SMARTS) is 1. The van der Waals surface area contributed by atoms with Crippen molar-refractivity contribution in [2.24, 2.45) is 5.92 Å². The van der Waals surface area contributed by atoms with E-state index >= 15 is 0 Å². The van der Waals surface area contributed by atoms with Gasteiger partial charge in [0.25, 0.3) is 5.91 Å². The number of aromatic nitrogens is 1. The highest BCUT2D eigenvalue weighted by molar-refractivity contribution is 6.33. The number of piperidine rings is 1. The maximum Gasteiger partial charge on any atom is 0.306 e. The van der Waals surface area contributed by atoms with Gasteiger partial charge in [-0.05, 0) is 25.8 Å². The van der Waals surface area contributed by atoms with E-state index in [0.29, 0.717) is 30.0 Å². The van der Waals surface area contributed by atoms with Gasteiger partial charge >= 0.3 is 5.97 Å². The summed E-state index contributed by atoms with van der Waals surface area (Å²) in [5.41, 5.74) is 0.366. The normalized spacial score (nSPS) is 23.2. The summed E-state index contributed by atoms with van der Waals surface area (Å²) < 4.78 is 0. The van der Waals surface area contributed by atoms with Crippen LogP contribution in [0.5, 0.6) is 0 Å². The van der Waals surface area contributed by atoms with E-state index in [0.717, 1.165) is 0 Å². The molecule has 1 fully saturated rings.